The maximum atomic E-state index is 13.7. The van der Waals surface area contributed by atoms with Gasteiger partial charge in [-0.15, -0.1) is 0 Å². The summed E-state index contributed by atoms with van der Waals surface area (Å²) in [6, 6.07) is 6.62. The summed E-state index contributed by atoms with van der Waals surface area (Å²) in [6.45, 7) is 1.67. The fourth-order valence-electron chi connectivity index (χ4n) is 2.35. The summed E-state index contributed by atoms with van der Waals surface area (Å²) >= 11 is 5.70. The Morgan fingerprint density at radius 2 is 1.96 bits per heavy atom. The summed E-state index contributed by atoms with van der Waals surface area (Å²) in [5, 5.41) is 6.24. The summed E-state index contributed by atoms with van der Waals surface area (Å²) in [6.07, 6.45) is 3.71. The molecule has 0 bridgehead atoms. The van der Waals surface area contributed by atoms with Crippen molar-refractivity contribution in [3.63, 3.8) is 0 Å². The minimum Gasteiger partial charge on any atom is -0.456 e. The fourth-order valence-corrected chi connectivity index (χ4v) is 2.57. The van der Waals surface area contributed by atoms with Gasteiger partial charge in [-0.2, -0.15) is 5.10 Å². The predicted molar refractivity (Wildman–Crippen MR) is 99.1 cm³/mol. The van der Waals surface area contributed by atoms with Crippen molar-refractivity contribution in [1.82, 2.24) is 9.78 Å². The number of amides is 1. The Morgan fingerprint density at radius 1 is 1.21 bits per heavy atom. The van der Waals surface area contributed by atoms with Gasteiger partial charge in [-0.3, -0.25) is 14.3 Å². The van der Waals surface area contributed by atoms with Crippen molar-refractivity contribution in [3.8, 4) is 0 Å². The maximum Gasteiger partial charge on any atom is 0.249 e. The zero-order valence-corrected chi connectivity index (χ0v) is 15.3. The molecule has 9 heteroatoms. The van der Waals surface area contributed by atoms with E-state index >= 15 is 0 Å². The van der Waals surface area contributed by atoms with Gasteiger partial charge in [0.15, 0.2) is 17.4 Å². The number of hydrogen-bond donors (Lipinski definition) is 1. The third-order valence-corrected chi connectivity index (χ3v) is 4.08. The van der Waals surface area contributed by atoms with Crippen LogP contribution in [0.3, 0.4) is 0 Å². The quantitative estimate of drug-likeness (QED) is 0.376. The van der Waals surface area contributed by atoms with Crippen LogP contribution < -0.4 is 5.32 Å². The minimum absolute atomic E-state index is 0.179. The lowest BCUT2D eigenvalue weighted by Gasteiger charge is -2.02. The largest absolute Gasteiger partial charge is 0.456 e. The Morgan fingerprint density at radius 3 is 2.68 bits per heavy atom. The molecule has 0 fully saturated rings. The number of benzene rings is 1. The summed E-state index contributed by atoms with van der Waals surface area (Å²) in [7, 11) is 0. The lowest BCUT2D eigenvalue weighted by atomic mass is 10.2. The molecular weight excluding hydrogens is 392 g/mol. The number of nitrogens with one attached hydrogen (secondary N) is 1. The van der Waals surface area contributed by atoms with Gasteiger partial charge in [0.05, 0.1) is 11.6 Å². The zero-order valence-electron chi connectivity index (χ0n) is 14.6. The number of ketones is 1. The van der Waals surface area contributed by atoms with Gasteiger partial charge in [0.1, 0.15) is 17.4 Å². The van der Waals surface area contributed by atoms with E-state index in [0.29, 0.717) is 5.76 Å². The molecule has 0 aliphatic heterocycles. The molecule has 0 radical (unpaired) electrons. The van der Waals surface area contributed by atoms with Gasteiger partial charge in [0.2, 0.25) is 5.91 Å². The average molecular weight is 406 g/mol. The summed E-state index contributed by atoms with van der Waals surface area (Å²) < 4.78 is 34.0. The predicted octanol–water partition coefficient (Wildman–Crippen LogP) is 4.31. The molecule has 1 amide bonds. The van der Waals surface area contributed by atoms with Gasteiger partial charge < -0.3 is 9.73 Å². The lowest BCUT2D eigenvalue weighted by molar-refractivity contribution is -0.111. The normalized spacial score (nSPS) is 11.1. The highest BCUT2D eigenvalue weighted by Gasteiger charge is 2.11. The number of nitrogens with zero attached hydrogens (tertiary/aromatic N) is 2. The maximum absolute atomic E-state index is 13.7. The Labute approximate surface area is 163 Å². The third kappa shape index (κ3) is 4.52. The van der Waals surface area contributed by atoms with Crippen LogP contribution >= 0.6 is 11.6 Å². The second-order valence-corrected chi connectivity index (χ2v) is 6.18. The molecular formula is C19H14ClF2N3O3. The molecule has 28 heavy (non-hydrogen) atoms. The van der Waals surface area contributed by atoms with Gasteiger partial charge in [-0.25, -0.2) is 8.78 Å². The van der Waals surface area contributed by atoms with Crippen molar-refractivity contribution < 1.29 is 22.8 Å². The van der Waals surface area contributed by atoms with Crippen molar-refractivity contribution in [3.05, 3.63) is 76.3 Å². The van der Waals surface area contributed by atoms with E-state index < -0.39 is 22.6 Å². The van der Waals surface area contributed by atoms with E-state index in [0.717, 1.165) is 24.3 Å². The van der Waals surface area contributed by atoms with Crippen LogP contribution in [0.1, 0.15) is 28.8 Å². The van der Waals surface area contributed by atoms with E-state index in [1.165, 1.54) is 11.6 Å². The van der Waals surface area contributed by atoms with Crippen molar-refractivity contribution in [1.29, 1.82) is 0 Å². The van der Waals surface area contributed by atoms with Gasteiger partial charge >= 0.3 is 0 Å². The highest BCUT2D eigenvalue weighted by atomic mass is 35.5. The monoisotopic (exact) mass is 405 g/mol. The molecule has 144 valence electrons. The van der Waals surface area contributed by atoms with Gasteiger partial charge in [0, 0.05) is 30.8 Å². The first-order valence-electron chi connectivity index (χ1n) is 8.09. The average Bonchev–Trinajstić information content (AvgIpc) is 3.28. The second kappa shape index (κ2) is 8.18. The molecule has 0 atom stereocenters. The van der Waals surface area contributed by atoms with Gasteiger partial charge in [0.25, 0.3) is 0 Å². The molecule has 6 nitrogen and oxygen atoms in total. The minimum atomic E-state index is -0.785. The molecule has 3 rings (SSSR count). The number of furan rings is 1. The van der Waals surface area contributed by atoms with Gasteiger partial charge in [-0.1, -0.05) is 11.6 Å². The first-order valence-corrected chi connectivity index (χ1v) is 8.47. The Hall–Kier alpha value is -3.26. The van der Waals surface area contributed by atoms with Crippen LogP contribution in [-0.4, -0.2) is 21.5 Å². The topological polar surface area (TPSA) is 77.1 Å². The number of halogens is 3. The van der Waals surface area contributed by atoms with Crippen LogP contribution in [-0.2, 0) is 11.3 Å². The van der Waals surface area contributed by atoms with Crippen LogP contribution in [0.2, 0.25) is 5.02 Å². The van der Waals surface area contributed by atoms with Gasteiger partial charge in [-0.05, 0) is 30.3 Å². The molecule has 1 N–H and O–H groups in total. The van der Waals surface area contributed by atoms with Crippen molar-refractivity contribution in [2.24, 2.45) is 0 Å². The van der Waals surface area contributed by atoms with Crippen LogP contribution in [0.25, 0.3) is 6.08 Å². The smallest absolute Gasteiger partial charge is 0.249 e. The second-order valence-electron chi connectivity index (χ2n) is 5.80. The van der Waals surface area contributed by atoms with E-state index in [4.69, 9.17) is 16.0 Å². The van der Waals surface area contributed by atoms with E-state index in [-0.39, 0.29) is 29.5 Å². The molecule has 2 aromatic heterocycles. The summed E-state index contributed by atoms with van der Waals surface area (Å²) in [5.41, 5.74) is -0.221. The molecule has 0 aliphatic rings. The molecule has 2 heterocycles. The number of carbonyl (C=O) groups is 2. The first-order chi connectivity index (χ1) is 13.3. The van der Waals surface area contributed by atoms with E-state index in [9.17, 15) is 18.4 Å². The Balaban J connectivity index is 1.64. The number of hydrogen-bond acceptors (Lipinski definition) is 4. The highest BCUT2D eigenvalue weighted by Crippen LogP contribution is 2.24. The van der Waals surface area contributed by atoms with E-state index in [2.05, 4.69) is 10.4 Å². The summed E-state index contributed by atoms with van der Waals surface area (Å²) in [4.78, 5) is 23.2. The lowest BCUT2D eigenvalue weighted by Crippen LogP contribution is -2.09. The number of carbonyl (C=O) groups excluding carboxylic acids is 2. The van der Waals surface area contributed by atoms with Crippen LogP contribution in [0.4, 0.5) is 14.6 Å². The third-order valence-electron chi connectivity index (χ3n) is 3.70. The SMILES string of the molecule is CC(=O)c1ccc(Cn2ccc(NC(=O)C=Cc3c(F)ccc(F)c3Cl)n2)o1. The van der Waals surface area contributed by atoms with Crippen LogP contribution in [0.15, 0.2) is 47.0 Å². The molecule has 1 aromatic carbocycles. The number of rotatable bonds is 6. The number of Topliss-reactive ketones (excluding diaryl/α,β-unsaturated/α-hetero) is 1. The molecule has 0 aliphatic carbocycles. The Bertz CT molecular complexity index is 1070. The molecule has 0 unspecified atom stereocenters. The zero-order chi connectivity index (χ0) is 20.3. The van der Waals surface area contributed by atoms with Crippen LogP contribution in [0.5, 0.6) is 0 Å². The molecule has 0 saturated heterocycles. The summed E-state index contributed by atoms with van der Waals surface area (Å²) in [5.74, 6) is -1.27. The molecule has 3 aromatic rings. The van der Waals surface area contributed by atoms with Crippen molar-refractivity contribution in [2.45, 2.75) is 13.5 Å². The van der Waals surface area contributed by atoms with Crippen molar-refractivity contribution >= 4 is 35.2 Å². The highest BCUT2D eigenvalue weighted by molar-refractivity contribution is 6.32. The van der Waals surface area contributed by atoms with E-state index in [1.807, 2.05) is 0 Å². The first kappa shape index (κ1) is 19.5. The standard InChI is InChI=1S/C19H14ClF2N3O3/c1-11(26)16-6-2-12(28-16)10-25-9-8-17(24-25)23-18(27)7-3-13-14(21)4-5-15(22)19(13)20/h2-9H,10H2,1H3,(H,23,24,27). The van der Waals surface area contributed by atoms with E-state index in [1.54, 1.807) is 24.4 Å². The fraction of sp³-hybridized carbons (Fsp3) is 0.105. The number of aromatic nitrogens is 2. The molecule has 0 saturated carbocycles. The number of anilines is 1. The Kier molecular flexibility index (Phi) is 5.70. The van der Waals surface area contributed by atoms with Crippen LogP contribution in [0, 0.1) is 11.6 Å². The molecule has 0 spiro atoms. The van der Waals surface area contributed by atoms with Crippen molar-refractivity contribution in [2.75, 3.05) is 5.32 Å².